The molecule has 1 aromatic carbocycles. The van der Waals surface area contributed by atoms with Crippen LogP contribution in [0.3, 0.4) is 0 Å². The van der Waals surface area contributed by atoms with Gasteiger partial charge in [0.05, 0.1) is 27.9 Å². The van der Waals surface area contributed by atoms with Crippen LogP contribution in [0, 0.1) is 5.92 Å². The monoisotopic (exact) mass is 295 g/mol. The first-order chi connectivity index (χ1) is 9.94. The van der Waals surface area contributed by atoms with Crippen molar-refractivity contribution in [3.05, 3.63) is 17.7 Å². The van der Waals surface area contributed by atoms with Gasteiger partial charge in [-0.15, -0.1) is 0 Å². The molecule has 6 nitrogen and oxygen atoms in total. The molecule has 21 heavy (non-hydrogen) atoms. The lowest BCUT2D eigenvalue weighted by molar-refractivity contribution is -0.120. The predicted octanol–water partition coefficient (Wildman–Crippen LogP) is 1.67. The summed E-state index contributed by atoms with van der Waals surface area (Å²) in [5.41, 5.74) is 0.334. The first-order valence-electron chi connectivity index (χ1n) is 6.55. The third-order valence-electron chi connectivity index (χ3n) is 2.99. The predicted molar refractivity (Wildman–Crippen MR) is 78.3 cm³/mol. The maximum absolute atomic E-state index is 12.1. The van der Waals surface area contributed by atoms with Crippen molar-refractivity contribution in [2.24, 2.45) is 5.92 Å². The summed E-state index contributed by atoms with van der Waals surface area (Å²) in [6.07, 6.45) is 0. The molecule has 0 radical (unpaired) electrons. The largest absolute Gasteiger partial charge is 0.493 e. The van der Waals surface area contributed by atoms with Crippen LogP contribution in [-0.4, -0.2) is 39.6 Å². The van der Waals surface area contributed by atoms with E-state index in [9.17, 15) is 9.59 Å². The first-order valence-corrected chi connectivity index (χ1v) is 6.55. The summed E-state index contributed by atoms with van der Waals surface area (Å²) in [6, 6.07) is 3.08. The maximum atomic E-state index is 12.1. The highest BCUT2D eigenvalue weighted by Gasteiger charge is 2.17. The zero-order valence-corrected chi connectivity index (χ0v) is 13.0. The molecule has 0 aromatic heterocycles. The number of hydrogen-bond donors (Lipinski definition) is 1. The summed E-state index contributed by atoms with van der Waals surface area (Å²) in [7, 11) is 4.43. The molecule has 0 aliphatic heterocycles. The van der Waals surface area contributed by atoms with Gasteiger partial charge in [-0.05, 0) is 12.1 Å². The lowest BCUT2D eigenvalue weighted by Crippen LogP contribution is -2.31. The lowest BCUT2D eigenvalue weighted by Gasteiger charge is -2.14. The van der Waals surface area contributed by atoms with Gasteiger partial charge in [0.15, 0.2) is 17.3 Å². The van der Waals surface area contributed by atoms with E-state index in [2.05, 4.69) is 5.32 Å². The van der Waals surface area contributed by atoms with Gasteiger partial charge in [0, 0.05) is 11.5 Å². The number of carbonyl (C=O) groups is 2. The zero-order chi connectivity index (χ0) is 16.0. The van der Waals surface area contributed by atoms with E-state index in [1.54, 1.807) is 13.8 Å². The molecule has 6 heteroatoms. The molecule has 1 N–H and O–H groups in total. The van der Waals surface area contributed by atoms with Crippen LogP contribution in [0.1, 0.15) is 24.2 Å². The molecule has 0 spiro atoms. The van der Waals surface area contributed by atoms with Crippen molar-refractivity contribution < 1.29 is 23.8 Å². The van der Waals surface area contributed by atoms with Crippen molar-refractivity contribution in [3.63, 3.8) is 0 Å². The van der Waals surface area contributed by atoms with Crippen LogP contribution in [0.4, 0.5) is 0 Å². The van der Waals surface area contributed by atoms with Gasteiger partial charge < -0.3 is 19.5 Å². The summed E-state index contributed by atoms with van der Waals surface area (Å²) in [4.78, 5) is 23.6. The number of hydrogen-bond acceptors (Lipinski definition) is 5. The van der Waals surface area contributed by atoms with Crippen LogP contribution in [-0.2, 0) is 4.79 Å². The summed E-state index contributed by atoms with van der Waals surface area (Å²) in [6.45, 7) is 3.56. The molecule has 1 aromatic rings. The number of amides is 1. The van der Waals surface area contributed by atoms with Gasteiger partial charge in [0.1, 0.15) is 0 Å². The van der Waals surface area contributed by atoms with Crippen molar-refractivity contribution in [1.29, 1.82) is 0 Å². The van der Waals surface area contributed by atoms with E-state index in [0.717, 1.165) is 0 Å². The minimum absolute atomic E-state index is 0.00679. The van der Waals surface area contributed by atoms with Gasteiger partial charge in [-0.1, -0.05) is 13.8 Å². The SMILES string of the molecule is COc1cc(C(=O)NCC(=O)C(C)C)cc(OC)c1OC. The maximum Gasteiger partial charge on any atom is 0.251 e. The normalized spacial score (nSPS) is 10.2. The lowest BCUT2D eigenvalue weighted by atomic mass is 10.1. The van der Waals surface area contributed by atoms with Gasteiger partial charge in [0.25, 0.3) is 5.91 Å². The highest BCUT2D eigenvalue weighted by atomic mass is 16.5. The Bertz CT molecular complexity index is 500. The second kappa shape index (κ2) is 7.52. The Balaban J connectivity index is 2.97. The minimum Gasteiger partial charge on any atom is -0.493 e. The Morgan fingerprint density at radius 1 is 1.05 bits per heavy atom. The molecule has 116 valence electrons. The molecule has 0 saturated carbocycles. The molecule has 0 unspecified atom stereocenters. The summed E-state index contributed by atoms with van der Waals surface area (Å²) < 4.78 is 15.5. The average Bonchev–Trinajstić information content (AvgIpc) is 2.50. The summed E-state index contributed by atoms with van der Waals surface area (Å²) in [5.74, 6) is 0.661. The highest BCUT2D eigenvalue weighted by Crippen LogP contribution is 2.38. The van der Waals surface area contributed by atoms with E-state index in [1.165, 1.54) is 33.5 Å². The molecule has 0 atom stereocenters. The van der Waals surface area contributed by atoms with Gasteiger partial charge in [-0.25, -0.2) is 0 Å². The highest BCUT2D eigenvalue weighted by molar-refractivity contribution is 5.98. The number of benzene rings is 1. The number of nitrogens with one attached hydrogen (secondary N) is 1. The fraction of sp³-hybridized carbons (Fsp3) is 0.467. The molecule has 0 aliphatic carbocycles. The third-order valence-corrected chi connectivity index (χ3v) is 2.99. The number of ether oxygens (including phenoxy) is 3. The van der Waals surface area contributed by atoms with E-state index in [1.807, 2.05) is 0 Å². The fourth-order valence-electron chi connectivity index (χ4n) is 1.69. The Morgan fingerprint density at radius 3 is 1.95 bits per heavy atom. The van der Waals surface area contributed by atoms with Gasteiger partial charge >= 0.3 is 0 Å². The molecule has 0 bridgehead atoms. The summed E-state index contributed by atoms with van der Waals surface area (Å²) in [5, 5.41) is 2.58. The Labute approximate surface area is 124 Å². The van der Waals surface area contributed by atoms with Crippen molar-refractivity contribution in [3.8, 4) is 17.2 Å². The Hall–Kier alpha value is -2.24. The molecule has 0 heterocycles. The van der Waals surface area contributed by atoms with Gasteiger partial charge in [-0.3, -0.25) is 9.59 Å². The molecule has 0 saturated heterocycles. The van der Waals surface area contributed by atoms with Crippen molar-refractivity contribution in [1.82, 2.24) is 5.32 Å². The minimum atomic E-state index is -0.372. The second-order valence-corrected chi connectivity index (χ2v) is 4.72. The van der Waals surface area contributed by atoms with E-state index < -0.39 is 0 Å². The van der Waals surface area contributed by atoms with Crippen molar-refractivity contribution in [2.75, 3.05) is 27.9 Å². The molecular formula is C15H21NO5. The first kappa shape index (κ1) is 16.8. The van der Waals surface area contributed by atoms with E-state index >= 15 is 0 Å². The summed E-state index contributed by atoms with van der Waals surface area (Å²) >= 11 is 0. The Morgan fingerprint density at radius 2 is 1.57 bits per heavy atom. The van der Waals surface area contributed by atoms with Gasteiger partial charge in [-0.2, -0.15) is 0 Å². The number of Topliss-reactive ketones (excluding diaryl/α,β-unsaturated/α-hetero) is 1. The van der Waals surface area contributed by atoms with Crippen molar-refractivity contribution >= 4 is 11.7 Å². The third kappa shape index (κ3) is 4.11. The number of rotatable bonds is 7. The van der Waals surface area contributed by atoms with E-state index in [0.29, 0.717) is 22.8 Å². The average molecular weight is 295 g/mol. The topological polar surface area (TPSA) is 73.9 Å². The number of methoxy groups -OCH3 is 3. The standard InChI is InChI=1S/C15H21NO5/c1-9(2)11(17)8-16-15(18)10-6-12(19-3)14(21-5)13(7-10)20-4/h6-7,9H,8H2,1-5H3,(H,16,18). The quantitative estimate of drug-likeness (QED) is 0.828. The molecule has 0 aliphatic rings. The van der Waals surface area contributed by atoms with Crippen LogP contribution < -0.4 is 19.5 Å². The molecular weight excluding hydrogens is 274 g/mol. The molecule has 0 fully saturated rings. The van der Waals surface area contributed by atoms with E-state index in [-0.39, 0.29) is 24.2 Å². The van der Waals surface area contributed by atoms with Crippen LogP contribution in [0.5, 0.6) is 17.2 Å². The van der Waals surface area contributed by atoms with Crippen LogP contribution >= 0.6 is 0 Å². The van der Waals surface area contributed by atoms with Crippen LogP contribution in [0.15, 0.2) is 12.1 Å². The Kier molecular flexibility index (Phi) is 6.02. The van der Waals surface area contributed by atoms with E-state index in [4.69, 9.17) is 14.2 Å². The zero-order valence-electron chi connectivity index (χ0n) is 13.0. The molecule has 1 rings (SSSR count). The van der Waals surface area contributed by atoms with Crippen LogP contribution in [0.2, 0.25) is 0 Å². The molecule has 1 amide bonds. The second-order valence-electron chi connectivity index (χ2n) is 4.72. The van der Waals surface area contributed by atoms with Crippen molar-refractivity contribution in [2.45, 2.75) is 13.8 Å². The fourth-order valence-corrected chi connectivity index (χ4v) is 1.69. The number of ketones is 1. The van der Waals surface area contributed by atoms with Crippen LogP contribution in [0.25, 0.3) is 0 Å². The smallest absolute Gasteiger partial charge is 0.251 e. The van der Waals surface area contributed by atoms with Gasteiger partial charge in [0.2, 0.25) is 5.75 Å². The number of carbonyl (C=O) groups excluding carboxylic acids is 2.